The molecule has 1 aromatic carbocycles. The fraction of sp³-hybridized carbons (Fsp3) is 0.368. The molecule has 0 aliphatic carbocycles. The summed E-state index contributed by atoms with van der Waals surface area (Å²) in [6.07, 6.45) is 2.34. The van der Waals surface area contributed by atoms with Crippen molar-refractivity contribution in [3.8, 4) is 11.5 Å². The maximum atomic E-state index is 13.9. The second kappa shape index (κ2) is 7.19. The van der Waals surface area contributed by atoms with Crippen LogP contribution in [-0.4, -0.2) is 36.8 Å². The summed E-state index contributed by atoms with van der Waals surface area (Å²) in [4.78, 5) is 15.8. The van der Waals surface area contributed by atoms with Gasteiger partial charge in [-0.2, -0.15) is 0 Å². The van der Waals surface area contributed by atoms with Gasteiger partial charge in [-0.3, -0.25) is 9.78 Å². The number of ether oxygens (including phenoxy) is 2. The van der Waals surface area contributed by atoms with Gasteiger partial charge in [-0.15, -0.1) is 0 Å². The van der Waals surface area contributed by atoms with E-state index in [1.165, 1.54) is 0 Å². The van der Waals surface area contributed by atoms with Gasteiger partial charge in [0.05, 0.1) is 19.3 Å². The molecule has 138 valence electrons. The zero-order chi connectivity index (χ0) is 18.8. The molecule has 7 heteroatoms. The Morgan fingerprint density at radius 1 is 1.38 bits per heavy atom. The van der Waals surface area contributed by atoms with Gasteiger partial charge in [0.2, 0.25) is 0 Å². The van der Waals surface area contributed by atoms with Gasteiger partial charge >= 0.3 is 0 Å². The van der Waals surface area contributed by atoms with Crippen molar-refractivity contribution >= 4 is 22.4 Å². The fourth-order valence-electron chi connectivity index (χ4n) is 3.31. The zero-order valence-corrected chi connectivity index (χ0v) is 14.8. The lowest BCUT2D eigenvalue weighted by Gasteiger charge is -2.19. The molecule has 3 atom stereocenters. The minimum atomic E-state index is -1.49. The second-order valence-corrected chi connectivity index (χ2v) is 6.34. The molecule has 1 aromatic heterocycles. The number of alkyl halides is 1. The molecule has 1 amide bonds. The molecular formula is C19H22FN3O3. The number of nitrogens with zero attached hydrogens (tertiary/aromatic N) is 1. The molecule has 0 radical (unpaired) electrons. The van der Waals surface area contributed by atoms with Gasteiger partial charge in [-0.25, -0.2) is 4.39 Å². The van der Waals surface area contributed by atoms with E-state index in [1.807, 2.05) is 19.1 Å². The van der Waals surface area contributed by atoms with Crippen LogP contribution in [0.5, 0.6) is 11.5 Å². The van der Waals surface area contributed by atoms with Crippen LogP contribution >= 0.6 is 0 Å². The Morgan fingerprint density at radius 3 is 2.81 bits per heavy atom. The third-order valence-electron chi connectivity index (χ3n) is 4.75. The third-order valence-corrected chi connectivity index (χ3v) is 4.75. The largest absolute Gasteiger partial charge is 0.496 e. The lowest BCUT2D eigenvalue weighted by Crippen LogP contribution is -2.34. The van der Waals surface area contributed by atoms with Crippen molar-refractivity contribution < 1.29 is 18.7 Å². The first kappa shape index (κ1) is 18.0. The maximum Gasteiger partial charge on any atom is 0.255 e. The van der Waals surface area contributed by atoms with Gasteiger partial charge in [0.1, 0.15) is 18.1 Å². The average molecular weight is 359 g/mol. The van der Waals surface area contributed by atoms with Crippen molar-refractivity contribution in [2.45, 2.75) is 25.6 Å². The summed E-state index contributed by atoms with van der Waals surface area (Å²) in [5.74, 6) is 0.133. The number of halogens is 1. The van der Waals surface area contributed by atoms with E-state index in [2.05, 4.69) is 16.9 Å². The number of benzene rings is 1. The number of hydrogen-bond donors (Lipinski definition) is 2. The standard InChI is InChI=1S/C19H22FN3O3/c1-4-12-15(23-19(24)18(12)20)9-26-17-8-22-7-11-5-13(10(2)21)16(25-3)6-14(11)17/h5-8,12,15,18H,2,4,9,21H2,1,3H3,(H,23,24)/t12-,15+,18-/m0/s1. The molecule has 1 aliphatic heterocycles. The molecule has 0 saturated carbocycles. The summed E-state index contributed by atoms with van der Waals surface area (Å²) in [6.45, 7) is 5.78. The van der Waals surface area contributed by atoms with Crippen molar-refractivity contribution in [2.75, 3.05) is 13.7 Å². The lowest BCUT2D eigenvalue weighted by atomic mass is 9.97. The van der Waals surface area contributed by atoms with Crippen LogP contribution in [0.25, 0.3) is 16.5 Å². The van der Waals surface area contributed by atoms with E-state index in [0.717, 1.165) is 10.8 Å². The first-order chi connectivity index (χ1) is 12.5. The van der Waals surface area contributed by atoms with Crippen LogP contribution in [0.2, 0.25) is 0 Å². The highest BCUT2D eigenvalue weighted by Crippen LogP contribution is 2.33. The summed E-state index contributed by atoms with van der Waals surface area (Å²) in [6, 6.07) is 3.27. The Bertz CT molecular complexity index is 855. The van der Waals surface area contributed by atoms with E-state index in [9.17, 15) is 9.18 Å². The van der Waals surface area contributed by atoms with Crippen LogP contribution in [0, 0.1) is 5.92 Å². The van der Waals surface area contributed by atoms with Crippen molar-refractivity contribution in [3.05, 3.63) is 36.7 Å². The number of carbonyl (C=O) groups is 1. The van der Waals surface area contributed by atoms with Crippen molar-refractivity contribution in [3.63, 3.8) is 0 Å². The number of rotatable bonds is 6. The number of pyridine rings is 1. The quantitative estimate of drug-likeness (QED) is 0.827. The number of methoxy groups -OCH3 is 1. The first-order valence-corrected chi connectivity index (χ1v) is 8.44. The zero-order valence-electron chi connectivity index (χ0n) is 14.8. The molecule has 1 fully saturated rings. The normalized spacial score (nSPS) is 22.3. The first-order valence-electron chi connectivity index (χ1n) is 8.44. The molecule has 26 heavy (non-hydrogen) atoms. The molecule has 6 nitrogen and oxygen atoms in total. The highest BCUT2D eigenvalue weighted by Gasteiger charge is 2.41. The van der Waals surface area contributed by atoms with Crippen molar-refractivity contribution in [2.24, 2.45) is 11.7 Å². The monoisotopic (exact) mass is 359 g/mol. The number of nitrogens with one attached hydrogen (secondary N) is 1. The molecule has 1 aliphatic rings. The van der Waals surface area contributed by atoms with Gasteiger partial charge < -0.3 is 20.5 Å². The number of carbonyl (C=O) groups excluding carboxylic acids is 1. The van der Waals surface area contributed by atoms with Gasteiger partial charge in [-0.1, -0.05) is 13.5 Å². The molecule has 0 spiro atoms. The molecule has 0 bridgehead atoms. The molecule has 0 unspecified atom stereocenters. The molecule has 3 rings (SSSR count). The summed E-state index contributed by atoms with van der Waals surface area (Å²) < 4.78 is 25.2. The summed E-state index contributed by atoms with van der Waals surface area (Å²) >= 11 is 0. The van der Waals surface area contributed by atoms with Crippen molar-refractivity contribution in [1.82, 2.24) is 10.3 Å². The van der Waals surface area contributed by atoms with Gasteiger partial charge in [0.15, 0.2) is 6.17 Å². The van der Waals surface area contributed by atoms with Crippen LogP contribution in [0.4, 0.5) is 4.39 Å². The minimum Gasteiger partial charge on any atom is -0.496 e. The Kier molecular flexibility index (Phi) is 4.97. The summed E-state index contributed by atoms with van der Waals surface area (Å²) in [5.41, 5.74) is 6.90. The smallest absolute Gasteiger partial charge is 0.255 e. The number of nitrogens with two attached hydrogens (primary N) is 1. The van der Waals surface area contributed by atoms with E-state index in [0.29, 0.717) is 29.2 Å². The van der Waals surface area contributed by atoms with E-state index in [4.69, 9.17) is 15.2 Å². The van der Waals surface area contributed by atoms with E-state index >= 15 is 0 Å². The number of fused-ring (bicyclic) bond motifs is 1. The van der Waals surface area contributed by atoms with Gasteiger partial charge in [-0.05, 0) is 18.6 Å². The highest BCUT2D eigenvalue weighted by molar-refractivity contribution is 5.92. The van der Waals surface area contributed by atoms with E-state index in [1.54, 1.807) is 19.5 Å². The predicted molar refractivity (Wildman–Crippen MR) is 97.6 cm³/mol. The highest BCUT2D eigenvalue weighted by atomic mass is 19.1. The third kappa shape index (κ3) is 3.16. The maximum absolute atomic E-state index is 13.9. The van der Waals surface area contributed by atoms with E-state index in [-0.39, 0.29) is 12.6 Å². The molecule has 2 heterocycles. The Balaban J connectivity index is 1.89. The summed E-state index contributed by atoms with van der Waals surface area (Å²) in [5, 5.41) is 4.26. The second-order valence-electron chi connectivity index (χ2n) is 6.34. The predicted octanol–water partition coefficient (Wildman–Crippen LogP) is 2.41. The van der Waals surface area contributed by atoms with E-state index < -0.39 is 18.0 Å². The number of hydrogen-bond acceptors (Lipinski definition) is 5. The van der Waals surface area contributed by atoms with Gasteiger partial charge in [0.25, 0.3) is 5.91 Å². The lowest BCUT2D eigenvalue weighted by molar-refractivity contribution is -0.123. The summed E-state index contributed by atoms with van der Waals surface area (Å²) in [7, 11) is 1.55. The Hall–Kier alpha value is -2.83. The number of amides is 1. The van der Waals surface area contributed by atoms with Crippen molar-refractivity contribution in [1.29, 1.82) is 0 Å². The topological polar surface area (TPSA) is 86.5 Å². The Labute approximate surface area is 151 Å². The van der Waals surface area contributed by atoms with Gasteiger partial charge in [0, 0.05) is 34.1 Å². The van der Waals surface area contributed by atoms with Crippen LogP contribution < -0.4 is 20.5 Å². The van der Waals surface area contributed by atoms with Crippen LogP contribution in [0.3, 0.4) is 0 Å². The Morgan fingerprint density at radius 2 is 2.15 bits per heavy atom. The number of aromatic nitrogens is 1. The van der Waals surface area contributed by atoms with Crippen LogP contribution in [0.1, 0.15) is 18.9 Å². The van der Waals surface area contributed by atoms with Crippen LogP contribution in [0.15, 0.2) is 31.1 Å². The molecule has 2 aromatic rings. The minimum absolute atomic E-state index is 0.166. The fourth-order valence-corrected chi connectivity index (χ4v) is 3.31. The molecule has 3 N–H and O–H groups in total. The average Bonchev–Trinajstić information content (AvgIpc) is 2.91. The SMILES string of the molecule is C=C(N)c1cc2cncc(OC[C@H]3NC(=O)[C@@H](F)[C@H]3CC)c2cc1OC. The van der Waals surface area contributed by atoms with Crippen LogP contribution in [-0.2, 0) is 4.79 Å². The molecule has 1 saturated heterocycles. The molecular weight excluding hydrogens is 337 g/mol.